The summed E-state index contributed by atoms with van der Waals surface area (Å²) < 4.78 is 2.03. The maximum atomic E-state index is 9.17. The first-order valence-corrected chi connectivity index (χ1v) is 15.2. The van der Waals surface area contributed by atoms with Gasteiger partial charge in [0.15, 0.2) is 0 Å². The van der Waals surface area contributed by atoms with Gasteiger partial charge in [0.05, 0.1) is 0 Å². The summed E-state index contributed by atoms with van der Waals surface area (Å²) in [7, 11) is -1.12. The zero-order chi connectivity index (χ0) is 31.2. The Kier molecular flexibility index (Phi) is 113. The van der Waals surface area contributed by atoms with Crippen molar-refractivity contribution >= 4 is 61.6 Å². The molecule has 0 aliphatic heterocycles. The van der Waals surface area contributed by atoms with Crippen LogP contribution in [0, 0.1) is 23.8 Å². The molecule has 0 unspecified atom stereocenters. The maximum Gasteiger partial charge on any atom is 0.373 e. The van der Waals surface area contributed by atoms with E-state index in [2.05, 4.69) is 85.6 Å². The molecule has 0 radical (unpaired) electrons. The molecule has 0 fully saturated rings. The van der Waals surface area contributed by atoms with Gasteiger partial charge in [-0.3, -0.25) is 0 Å². The largest absolute Gasteiger partial charge is 0.373 e. The van der Waals surface area contributed by atoms with E-state index in [-0.39, 0.29) is 24.6 Å². The van der Waals surface area contributed by atoms with Crippen molar-refractivity contribution in [3.63, 3.8) is 0 Å². The highest BCUT2D eigenvalue weighted by Crippen LogP contribution is 1.95. The van der Waals surface area contributed by atoms with Gasteiger partial charge < -0.3 is 4.79 Å². The number of hydrogen-bond donors (Lipinski definition) is 0. The van der Waals surface area contributed by atoms with Crippen molar-refractivity contribution in [1.29, 1.82) is 0 Å². The summed E-state index contributed by atoms with van der Waals surface area (Å²) in [6, 6.07) is 0. The van der Waals surface area contributed by atoms with Crippen LogP contribution >= 0.6 is 22.6 Å². The van der Waals surface area contributed by atoms with Crippen LogP contribution in [0.3, 0.4) is 0 Å². The summed E-state index contributed by atoms with van der Waals surface area (Å²) in [6.45, 7) is 14.8. The topological polar surface area (TPSA) is 154 Å². The van der Waals surface area contributed by atoms with E-state index in [9.17, 15) is 4.79 Å². The second kappa shape index (κ2) is 76.7. The van der Waals surface area contributed by atoms with Gasteiger partial charge in [0.2, 0.25) is 0 Å². The van der Waals surface area contributed by atoms with Gasteiger partial charge in [-0.05, 0) is 35.5 Å². The monoisotopic (exact) mass is 648 g/mol. The molecule has 11 heteroatoms. The van der Waals surface area contributed by atoms with E-state index in [0.717, 1.165) is 25.5 Å². The molecule has 37 heavy (non-hydrogen) atoms. The van der Waals surface area contributed by atoms with Crippen molar-refractivity contribution in [3.05, 3.63) is 34.5 Å². The molecular formula is C26H37IO9Si. The van der Waals surface area contributed by atoms with Crippen LogP contribution in [0.15, 0.2) is 34.5 Å². The third-order valence-corrected chi connectivity index (χ3v) is 3.23. The third-order valence-electron chi connectivity index (χ3n) is 1.83. The van der Waals surface area contributed by atoms with E-state index in [1.165, 1.54) is 0 Å². The minimum atomic E-state index is -1.12. The molecule has 0 spiro atoms. The molecular weight excluding hydrogens is 611 g/mol. The Morgan fingerprint density at radius 3 is 1.08 bits per heavy atom. The Balaban J connectivity index is -0.0000000457. The second-order valence-electron chi connectivity index (χ2n) is 5.99. The second-order valence-corrected chi connectivity index (χ2v) is 11.5. The molecule has 0 rings (SSSR count). The van der Waals surface area contributed by atoms with Crippen molar-refractivity contribution in [2.24, 2.45) is 0 Å². The molecule has 0 heterocycles. The van der Waals surface area contributed by atoms with Gasteiger partial charge in [0.25, 0.3) is 0 Å². The summed E-state index contributed by atoms with van der Waals surface area (Å²) >= 11 is 2.21. The predicted octanol–water partition coefficient (Wildman–Crippen LogP) is 5.03. The fourth-order valence-corrected chi connectivity index (χ4v) is 1.73. The van der Waals surface area contributed by atoms with Gasteiger partial charge >= 0.3 is 24.6 Å². The minimum absolute atomic E-state index is 0.250. The SMILES string of the molecule is C#C/C=C\CC.CC/C=C\C#C[Si](C)(C)C.CC/C=C\I.CCC=O.O=C=O.O=C=O.O=C=O.O=C=O. The lowest BCUT2D eigenvalue weighted by Crippen LogP contribution is -2.16. The number of carbonyl (C=O) groups excluding carboxylic acids is 9. The van der Waals surface area contributed by atoms with Crippen LogP contribution in [-0.2, 0) is 43.2 Å². The van der Waals surface area contributed by atoms with Crippen molar-refractivity contribution in [2.75, 3.05) is 0 Å². The average Bonchev–Trinajstić information content (AvgIpc) is 2.83. The molecule has 0 aliphatic rings. The smallest absolute Gasteiger partial charge is 0.303 e. The molecule has 0 aromatic heterocycles. The van der Waals surface area contributed by atoms with E-state index in [1.54, 1.807) is 6.08 Å². The van der Waals surface area contributed by atoms with E-state index in [0.29, 0.717) is 6.42 Å². The van der Waals surface area contributed by atoms with Crippen molar-refractivity contribution < 1.29 is 43.2 Å². The van der Waals surface area contributed by atoms with Crippen LogP contribution in [0.25, 0.3) is 0 Å². The van der Waals surface area contributed by atoms with Gasteiger partial charge in [-0.25, -0.2) is 0 Å². The quantitative estimate of drug-likeness (QED) is 0.177. The molecule has 0 aromatic rings. The highest BCUT2D eigenvalue weighted by molar-refractivity contribution is 14.1. The molecule has 0 aliphatic carbocycles. The Morgan fingerprint density at radius 1 is 0.649 bits per heavy atom. The summed E-state index contributed by atoms with van der Waals surface area (Å²) in [5.74, 6) is 5.45. The summed E-state index contributed by atoms with van der Waals surface area (Å²) in [5, 5.41) is 0. The van der Waals surface area contributed by atoms with E-state index < -0.39 is 8.07 Å². The number of hydrogen-bond acceptors (Lipinski definition) is 9. The number of carbonyl (C=O) groups is 1. The first kappa shape index (κ1) is 54.4. The van der Waals surface area contributed by atoms with E-state index in [1.807, 2.05) is 30.1 Å². The fourth-order valence-electron chi connectivity index (χ4n) is 0.710. The number of terminal acetylenes is 1. The van der Waals surface area contributed by atoms with Crippen molar-refractivity contribution in [1.82, 2.24) is 0 Å². The third kappa shape index (κ3) is 336. The number of rotatable bonds is 4. The Morgan fingerprint density at radius 2 is 0.946 bits per heavy atom. The van der Waals surface area contributed by atoms with Crippen molar-refractivity contribution in [2.45, 2.75) is 73.0 Å². The summed E-state index contributed by atoms with van der Waals surface area (Å²) in [6.07, 6.45) is 20.5. The molecule has 0 saturated heterocycles. The van der Waals surface area contributed by atoms with Crippen LogP contribution in [0.5, 0.6) is 0 Å². The minimum Gasteiger partial charge on any atom is -0.303 e. The molecule has 0 atom stereocenters. The molecule has 0 bridgehead atoms. The van der Waals surface area contributed by atoms with E-state index >= 15 is 0 Å². The first-order valence-electron chi connectivity index (χ1n) is 10.4. The fraction of sp³-hybridized carbons (Fsp3) is 0.423. The van der Waals surface area contributed by atoms with E-state index in [4.69, 9.17) is 44.8 Å². The molecule has 9 nitrogen and oxygen atoms in total. The van der Waals surface area contributed by atoms with Crippen molar-refractivity contribution in [3.8, 4) is 23.8 Å². The standard InChI is InChI=1S/C9H16Si.C6H8.C4H7I.C3H6O.4CO2/c1-5-6-7-8-9-10(2,3)4;1-3-5-6-4-2;1-2-3-4-5;1-2-3-4;4*2-1-3/h6-7H,5H2,1-4H3;1,5-6H,4H2,2H3;3-4H,2H2,1H3;3H,2H2,1H3;;;;/b7-6-;6-5-;4-3-;;;;;. The predicted molar refractivity (Wildman–Crippen MR) is 149 cm³/mol. The van der Waals surface area contributed by atoms with Gasteiger partial charge in [-0.1, -0.05) is 100.0 Å². The van der Waals surface area contributed by atoms with Crippen LogP contribution in [-0.4, -0.2) is 39.0 Å². The van der Waals surface area contributed by atoms with Gasteiger partial charge in [0, 0.05) is 6.42 Å². The van der Waals surface area contributed by atoms with Gasteiger partial charge in [-0.2, -0.15) is 38.4 Å². The normalized spacial score (nSPS) is 7.32. The zero-order valence-corrected chi connectivity index (χ0v) is 25.7. The highest BCUT2D eigenvalue weighted by Gasteiger charge is 2.06. The number of halogens is 1. The molecule has 0 aromatic carbocycles. The van der Waals surface area contributed by atoms with Crippen LogP contribution in [0.1, 0.15) is 53.4 Å². The molecule has 206 valence electrons. The lowest BCUT2D eigenvalue weighted by atomic mass is 10.4. The van der Waals surface area contributed by atoms with Crippen LogP contribution in [0.4, 0.5) is 0 Å². The average molecular weight is 649 g/mol. The zero-order valence-electron chi connectivity index (χ0n) is 22.5. The maximum absolute atomic E-state index is 9.17. The number of allylic oxidation sites excluding steroid dienone is 5. The highest BCUT2D eigenvalue weighted by atomic mass is 127. The van der Waals surface area contributed by atoms with Gasteiger partial charge in [0.1, 0.15) is 14.4 Å². The Bertz CT molecular complexity index is 720. The lowest BCUT2D eigenvalue weighted by Gasteiger charge is -2.01. The Hall–Kier alpha value is -3.52. The number of aldehydes is 1. The van der Waals surface area contributed by atoms with Gasteiger partial charge in [-0.15, -0.1) is 12.0 Å². The molecule has 0 N–H and O–H groups in total. The summed E-state index contributed by atoms with van der Waals surface area (Å²) in [4.78, 5) is 74.2. The Labute approximate surface area is 235 Å². The first-order chi connectivity index (χ1) is 17.5. The van der Waals surface area contributed by atoms with Crippen LogP contribution < -0.4 is 0 Å². The lowest BCUT2D eigenvalue weighted by molar-refractivity contribution is -0.193. The molecule has 0 amide bonds. The summed E-state index contributed by atoms with van der Waals surface area (Å²) in [5.41, 5.74) is 3.26. The molecule has 0 saturated carbocycles. The van der Waals surface area contributed by atoms with Crippen LogP contribution in [0.2, 0.25) is 19.6 Å².